The number of thiophene rings is 2. The van der Waals surface area contributed by atoms with Crippen LogP contribution in [0.3, 0.4) is 0 Å². The number of anilines is 8. The summed E-state index contributed by atoms with van der Waals surface area (Å²) in [5.74, 6) is 0. The Kier molecular flexibility index (Phi) is 12.4. The van der Waals surface area contributed by atoms with Gasteiger partial charge in [-0.15, -0.1) is 22.7 Å². The lowest BCUT2D eigenvalue weighted by atomic mass is 9.43. The van der Waals surface area contributed by atoms with Crippen molar-refractivity contribution in [3.05, 3.63) is 239 Å². The normalized spacial score (nSPS) is 14.3. The third-order valence-electron chi connectivity index (χ3n) is 19.3. The fourth-order valence-electron chi connectivity index (χ4n) is 14.4. The van der Waals surface area contributed by atoms with E-state index in [1.54, 1.807) is 0 Å². The zero-order chi connectivity index (χ0) is 60.4. The van der Waals surface area contributed by atoms with Gasteiger partial charge in [-0.3, -0.25) is 0 Å². The Labute approximate surface area is 523 Å². The standard InChI is InChI=1S/C81H76BN3S2/c1-77(2,3)51-24-31-55(32-25-51)83(56-33-26-52(27-34-56)78(4,5)6)58-37-38-59-62-45-63-64-46-65-60-22-18-19-23-72(60)87-76(65)75-74(64)82(85(57-35-28-53(29-36-57)79(7,8)9)70(63)47-67(62)81(13,14)66(59)44-58)68-48-73-50(40-41-86-73)42-71(68)84(75)69-39-30-54(80(10,11)12)43-61(69)49-20-16-15-17-21-49/h15-48H,1-14H3. The van der Waals surface area contributed by atoms with Crippen LogP contribution < -0.4 is 25.5 Å². The first kappa shape index (κ1) is 55.4. The number of hydrogen-bond acceptors (Lipinski definition) is 5. The van der Waals surface area contributed by atoms with Gasteiger partial charge in [-0.2, -0.15) is 0 Å². The molecule has 12 aromatic rings. The lowest BCUT2D eigenvalue weighted by Crippen LogP contribution is -2.61. The predicted molar refractivity (Wildman–Crippen MR) is 381 cm³/mol. The molecule has 0 bridgehead atoms. The Morgan fingerprint density at radius 1 is 0.425 bits per heavy atom. The lowest BCUT2D eigenvalue weighted by molar-refractivity contribution is 0.590. The van der Waals surface area contributed by atoms with Crippen LogP contribution in [-0.4, -0.2) is 6.85 Å². The van der Waals surface area contributed by atoms with Gasteiger partial charge in [0.25, 0.3) is 0 Å². The molecule has 87 heavy (non-hydrogen) atoms. The highest BCUT2D eigenvalue weighted by Crippen LogP contribution is 2.58. The number of hydrogen-bond donors (Lipinski definition) is 0. The predicted octanol–water partition coefficient (Wildman–Crippen LogP) is 22.6. The van der Waals surface area contributed by atoms with Gasteiger partial charge in [-0.25, -0.2) is 0 Å². The van der Waals surface area contributed by atoms with Gasteiger partial charge in [-0.1, -0.05) is 194 Å². The van der Waals surface area contributed by atoms with Crippen LogP contribution >= 0.6 is 22.7 Å². The van der Waals surface area contributed by atoms with E-state index in [2.05, 4.69) is 317 Å². The van der Waals surface area contributed by atoms with Gasteiger partial charge in [0.05, 0.1) is 16.1 Å². The van der Waals surface area contributed by atoms with Crippen LogP contribution in [0.4, 0.5) is 45.5 Å². The zero-order valence-electron chi connectivity index (χ0n) is 52.9. The minimum absolute atomic E-state index is 0.0105. The van der Waals surface area contributed by atoms with Crippen molar-refractivity contribution in [2.24, 2.45) is 0 Å². The Morgan fingerprint density at radius 2 is 1.01 bits per heavy atom. The van der Waals surface area contributed by atoms with Crippen molar-refractivity contribution in [1.82, 2.24) is 0 Å². The summed E-state index contributed by atoms with van der Waals surface area (Å²) in [4.78, 5) is 7.92. The molecule has 1 aliphatic carbocycles. The zero-order valence-corrected chi connectivity index (χ0v) is 54.5. The van der Waals surface area contributed by atoms with Gasteiger partial charge < -0.3 is 14.6 Å². The van der Waals surface area contributed by atoms with Gasteiger partial charge in [0.15, 0.2) is 0 Å². The maximum Gasteiger partial charge on any atom is 0.333 e. The molecule has 0 saturated carbocycles. The molecule has 0 fully saturated rings. The number of fused-ring (bicyclic) bond motifs is 12. The third kappa shape index (κ3) is 8.86. The van der Waals surface area contributed by atoms with Gasteiger partial charge in [0.2, 0.25) is 0 Å². The minimum atomic E-state index is -0.342. The number of benzene rings is 10. The van der Waals surface area contributed by atoms with Crippen LogP contribution in [0.15, 0.2) is 206 Å². The largest absolute Gasteiger partial charge is 0.376 e. The first-order valence-electron chi connectivity index (χ1n) is 31.2. The smallest absolute Gasteiger partial charge is 0.333 e. The Bertz CT molecular complexity index is 4690. The summed E-state index contributed by atoms with van der Waals surface area (Å²) in [7, 11) is 0. The quantitative estimate of drug-likeness (QED) is 0.154. The van der Waals surface area contributed by atoms with Gasteiger partial charge >= 0.3 is 6.85 Å². The fraction of sp³-hybridized carbons (Fsp3) is 0.235. The van der Waals surface area contributed by atoms with Crippen LogP contribution in [0.5, 0.6) is 0 Å². The van der Waals surface area contributed by atoms with E-state index in [0.717, 1.165) is 17.1 Å². The molecule has 4 heterocycles. The second kappa shape index (κ2) is 19.4. The van der Waals surface area contributed by atoms with Gasteiger partial charge in [0, 0.05) is 70.8 Å². The average Bonchev–Trinajstić information content (AvgIpc) is 1.68. The highest BCUT2D eigenvalue weighted by molar-refractivity contribution is 7.26. The maximum absolute atomic E-state index is 2.75. The molecule has 2 aliphatic heterocycles. The summed E-state index contributed by atoms with van der Waals surface area (Å²) < 4.78 is 3.91. The molecule has 2 aromatic heterocycles. The number of rotatable bonds is 6. The van der Waals surface area contributed by atoms with Gasteiger partial charge in [0.1, 0.15) is 0 Å². The van der Waals surface area contributed by atoms with E-state index in [-0.39, 0.29) is 33.9 Å². The van der Waals surface area contributed by atoms with Crippen molar-refractivity contribution in [3.8, 4) is 33.4 Å². The molecule has 0 unspecified atom stereocenters. The molecule has 10 aromatic carbocycles. The molecular weight excluding hydrogens is 1090 g/mol. The van der Waals surface area contributed by atoms with Crippen molar-refractivity contribution in [2.45, 2.75) is 124 Å². The molecule has 6 heteroatoms. The first-order chi connectivity index (χ1) is 41.4. The van der Waals surface area contributed by atoms with Crippen LogP contribution in [0.25, 0.3) is 63.6 Å². The SMILES string of the molecule is CC(C)(C)c1ccc(N2B3c4cc5sccc5cc4N(c4ccc(C(C)(C)C)cc4-c4ccccc4)c4c3c(cc3c4sc4ccccc43)-c3cc4c(cc32)C(C)(C)c2cc(N(c3ccc(C(C)(C)C)cc3)c3ccc(C(C)(C)C)cc3)ccc2-4)cc1. The van der Waals surface area contributed by atoms with Crippen molar-refractivity contribution < 1.29 is 0 Å². The van der Waals surface area contributed by atoms with Crippen LogP contribution in [0, 0.1) is 0 Å². The molecule has 430 valence electrons. The van der Waals surface area contributed by atoms with E-state index in [1.165, 1.54) is 136 Å². The Morgan fingerprint density at radius 3 is 1.66 bits per heavy atom. The van der Waals surface area contributed by atoms with Gasteiger partial charge in [-0.05, 0) is 202 Å². The average molecular weight is 1170 g/mol. The van der Waals surface area contributed by atoms with E-state index in [0.29, 0.717) is 0 Å². The molecule has 0 spiro atoms. The molecule has 0 N–H and O–H groups in total. The summed E-state index contributed by atoms with van der Waals surface area (Å²) in [6.07, 6.45) is 0. The molecule has 15 rings (SSSR count). The highest BCUT2D eigenvalue weighted by atomic mass is 32.1. The minimum Gasteiger partial charge on any atom is -0.376 e. The van der Waals surface area contributed by atoms with E-state index < -0.39 is 0 Å². The van der Waals surface area contributed by atoms with Crippen LogP contribution in [-0.2, 0) is 27.1 Å². The Hall–Kier alpha value is -8.16. The molecule has 0 amide bonds. The van der Waals surface area contributed by atoms with E-state index in [9.17, 15) is 0 Å². The Balaban J connectivity index is 1.02. The van der Waals surface area contributed by atoms with Crippen molar-refractivity contribution in [3.63, 3.8) is 0 Å². The van der Waals surface area contributed by atoms with E-state index in [4.69, 9.17) is 0 Å². The molecular formula is C81H76BN3S2. The second-order valence-electron chi connectivity index (χ2n) is 29.5. The lowest BCUT2D eigenvalue weighted by Gasteiger charge is -2.46. The molecule has 0 saturated heterocycles. The van der Waals surface area contributed by atoms with Crippen LogP contribution in [0.1, 0.15) is 130 Å². The summed E-state index contributed by atoms with van der Waals surface area (Å²) in [6.45, 7) is 32.5. The van der Waals surface area contributed by atoms with E-state index in [1.807, 2.05) is 22.7 Å². The summed E-state index contributed by atoms with van der Waals surface area (Å²) in [6, 6.07) is 78.2. The summed E-state index contributed by atoms with van der Waals surface area (Å²) in [5, 5.41) is 6.13. The van der Waals surface area contributed by atoms with Crippen molar-refractivity contribution in [2.75, 3.05) is 14.6 Å². The number of nitrogens with zero attached hydrogens (tertiary/aromatic N) is 3. The topological polar surface area (TPSA) is 9.72 Å². The first-order valence-corrected chi connectivity index (χ1v) is 32.9. The summed E-state index contributed by atoms with van der Waals surface area (Å²) in [5.41, 5.74) is 27.5. The monoisotopic (exact) mass is 1170 g/mol. The van der Waals surface area contributed by atoms with Crippen LogP contribution in [0.2, 0.25) is 0 Å². The second-order valence-corrected chi connectivity index (χ2v) is 31.5. The fourth-order valence-corrected chi connectivity index (χ4v) is 16.4. The molecule has 0 radical (unpaired) electrons. The highest BCUT2D eigenvalue weighted by Gasteiger charge is 2.49. The summed E-state index contributed by atoms with van der Waals surface area (Å²) >= 11 is 3.79. The molecule has 3 aliphatic rings. The van der Waals surface area contributed by atoms with E-state index >= 15 is 0 Å². The van der Waals surface area contributed by atoms with Crippen molar-refractivity contribution in [1.29, 1.82) is 0 Å². The molecule has 0 atom stereocenters. The molecule has 3 nitrogen and oxygen atoms in total. The maximum atomic E-state index is 2.75. The third-order valence-corrected chi connectivity index (χ3v) is 21.4. The van der Waals surface area contributed by atoms with Crippen molar-refractivity contribution >= 4 is 116 Å².